The number of amides is 1. The van der Waals surface area contributed by atoms with Crippen molar-refractivity contribution in [2.45, 2.75) is 5.16 Å². The van der Waals surface area contributed by atoms with Crippen molar-refractivity contribution >= 4 is 56.3 Å². The predicted molar refractivity (Wildman–Crippen MR) is 139 cm³/mol. The number of aromatic nitrogens is 2. The lowest BCUT2D eigenvalue weighted by Crippen LogP contribution is -2.13. The number of rotatable bonds is 11. The first kappa shape index (κ1) is 26.3. The molecule has 0 aliphatic heterocycles. The largest absolute Gasteiger partial charge is 0.493 e. The Balaban J connectivity index is 1.69. The van der Waals surface area contributed by atoms with Crippen LogP contribution in [0, 0.1) is 11.3 Å². The number of carbonyl (C=O) groups is 1. The average Bonchev–Trinajstić information content (AvgIpc) is 3.33. The van der Waals surface area contributed by atoms with Crippen LogP contribution in [0.5, 0.6) is 23.0 Å². The number of para-hydroxylation sites is 2. The zero-order valence-corrected chi connectivity index (χ0v) is 22.3. The molecule has 9 nitrogen and oxygen atoms in total. The summed E-state index contributed by atoms with van der Waals surface area (Å²) >= 11 is 5.88. The molecule has 0 bridgehead atoms. The Labute approximate surface area is 219 Å². The molecule has 0 unspecified atom stereocenters. The number of nitrogens with one attached hydrogen (secondary N) is 1. The molecule has 0 radical (unpaired) electrons. The number of benzene rings is 2. The molecule has 35 heavy (non-hydrogen) atoms. The van der Waals surface area contributed by atoms with Crippen molar-refractivity contribution in [3.8, 4) is 29.1 Å². The summed E-state index contributed by atoms with van der Waals surface area (Å²) < 4.78 is 27.0. The Bertz CT molecular complexity index is 1260. The quantitative estimate of drug-likeness (QED) is 0.145. The molecule has 0 fully saturated rings. The number of hydrogen-bond donors (Lipinski definition) is 1. The van der Waals surface area contributed by atoms with Crippen molar-refractivity contribution in [2.24, 2.45) is 0 Å². The fourth-order valence-corrected chi connectivity index (χ4v) is 4.52. The molecule has 0 atom stereocenters. The fourth-order valence-electron chi connectivity index (χ4n) is 2.82. The third-order valence-corrected chi connectivity index (χ3v) is 6.28. The second-order valence-electron chi connectivity index (χ2n) is 6.59. The molecule has 182 valence electrons. The molecule has 3 rings (SSSR count). The zero-order chi connectivity index (χ0) is 25.2. The number of nitriles is 1. The summed E-state index contributed by atoms with van der Waals surface area (Å²) in [6.45, 7) is 0.522. The van der Waals surface area contributed by atoms with E-state index in [1.807, 2.05) is 36.6 Å². The smallest absolute Gasteiger partial charge is 0.268 e. The van der Waals surface area contributed by atoms with Crippen molar-refractivity contribution in [3.05, 3.63) is 52.0 Å². The molecule has 1 N–H and O–H groups in total. The van der Waals surface area contributed by atoms with Crippen LogP contribution in [0.25, 0.3) is 6.08 Å². The van der Waals surface area contributed by atoms with Crippen molar-refractivity contribution in [2.75, 3.05) is 39.0 Å². The van der Waals surface area contributed by atoms with Gasteiger partial charge in [0.15, 0.2) is 23.0 Å². The lowest BCUT2D eigenvalue weighted by molar-refractivity contribution is -0.112. The van der Waals surface area contributed by atoms with E-state index < -0.39 is 5.91 Å². The number of nitrogens with zero attached hydrogens (tertiary/aromatic N) is 3. The van der Waals surface area contributed by atoms with E-state index in [1.54, 1.807) is 19.2 Å². The van der Waals surface area contributed by atoms with E-state index >= 15 is 0 Å². The van der Waals surface area contributed by atoms with Crippen LogP contribution in [-0.2, 0) is 4.79 Å². The van der Waals surface area contributed by atoms with E-state index in [2.05, 4.69) is 30.6 Å². The van der Waals surface area contributed by atoms with Crippen molar-refractivity contribution in [3.63, 3.8) is 0 Å². The highest BCUT2D eigenvalue weighted by atomic mass is 79.9. The van der Waals surface area contributed by atoms with Gasteiger partial charge in [0.1, 0.15) is 24.9 Å². The van der Waals surface area contributed by atoms with Gasteiger partial charge in [-0.05, 0) is 58.1 Å². The third-order valence-electron chi connectivity index (χ3n) is 4.39. The van der Waals surface area contributed by atoms with E-state index in [9.17, 15) is 10.1 Å². The normalized spacial score (nSPS) is 10.9. The van der Waals surface area contributed by atoms with E-state index in [0.29, 0.717) is 43.3 Å². The summed E-state index contributed by atoms with van der Waals surface area (Å²) in [5, 5.41) is 13.0. The standard InChI is InChI=1S/C23H21BrN4O5S2/c1-30-17-6-4-5-7-18(17)32-8-9-33-20-16(24)11-14(12-19(20)31-2)10-15(13-25)21(29)26-22-27-23(34-3)28-35-22/h4-7,10-12H,8-9H2,1-3H3,(H,26,27,28,29). The van der Waals surface area contributed by atoms with Gasteiger partial charge < -0.3 is 18.9 Å². The molecule has 12 heteroatoms. The molecule has 1 amide bonds. The Hall–Kier alpha value is -3.27. The monoisotopic (exact) mass is 576 g/mol. The lowest BCUT2D eigenvalue weighted by atomic mass is 10.1. The van der Waals surface area contributed by atoms with Gasteiger partial charge in [0, 0.05) is 11.5 Å². The van der Waals surface area contributed by atoms with Crippen LogP contribution in [0.4, 0.5) is 5.13 Å². The first-order valence-electron chi connectivity index (χ1n) is 10.1. The van der Waals surface area contributed by atoms with Crippen LogP contribution >= 0.6 is 39.2 Å². The van der Waals surface area contributed by atoms with E-state index in [0.717, 1.165) is 11.5 Å². The van der Waals surface area contributed by atoms with E-state index in [1.165, 1.54) is 24.9 Å². The summed E-state index contributed by atoms with van der Waals surface area (Å²) in [4.78, 5) is 16.7. The number of methoxy groups -OCH3 is 2. The second-order valence-corrected chi connectivity index (χ2v) is 8.97. The molecule has 1 heterocycles. The number of carbonyl (C=O) groups excluding carboxylic acids is 1. The molecule has 1 aromatic heterocycles. The Morgan fingerprint density at radius 2 is 1.89 bits per heavy atom. The molecule has 3 aromatic rings. The van der Waals surface area contributed by atoms with Gasteiger partial charge in [0.25, 0.3) is 5.91 Å². The summed E-state index contributed by atoms with van der Waals surface area (Å²) in [5.41, 5.74) is 0.471. The maximum Gasteiger partial charge on any atom is 0.268 e. The van der Waals surface area contributed by atoms with Gasteiger partial charge in [-0.2, -0.15) is 14.6 Å². The van der Waals surface area contributed by atoms with Crippen molar-refractivity contribution < 1.29 is 23.7 Å². The summed E-state index contributed by atoms with van der Waals surface area (Å²) in [7, 11) is 3.08. The number of halogens is 1. The predicted octanol–water partition coefficient (Wildman–Crippen LogP) is 5.04. The highest BCUT2D eigenvalue weighted by Crippen LogP contribution is 2.37. The minimum Gasteiger partial charge on any atom is -0.493 e. The molecule has 0 saturated carbocycles. The first-order valence-corrected chi connectivity index (χ1v) is 12.8. The molecule has 0 aliphatic rings. The van der Waals surface area contributed by atoms with E-state index in [-0.39, 0.29) is 18.8 Å². The lowest BCUT2D eigenvalue weighted by Gasteiger charge is -2.15. The minimum absolute atomic E-state index is 0.0984. The van der Waals surface area contributed by atoms with Gasteiger partial charge in [0.05, 0.1) is 18.7 Å². The van der Waals surface area contributed by atoms with Crippen LogP contribution in [0.3, 0.4) is 0 Å². The molecule has 0 saturated heterocycles. The molecule has 0 aliphatic carbocycles. The SMILES string of the molecule is COc1ccccc1OCCOc1c(Br)cc(C=C(C#N)C(=O)Nc2nc(SC)ns2)cc1OC. The number of anilines is 1. The van der Waals surface area contributed by atoms with Crippen molar-refractivity contribution in [1.29, 1.82) is 5.26 Å². The van der Waals surface area contributed by atoms with Crippen LogP contribution in [-0.4, -0.2) is 49.0 Å². The Morgan fingerprint density at radius 3 is 2.54 bits per heavy atom. The van der Waals surface area contributed by atoms with Gasteiger partial charge in [-0.25, -0.2) is 0 Å². The van der Waals surface area contributed by atoms with Crippen LogP contribution in [0.15, 0.2) is 51.6 Å². The molecule has 2 aromatic carbocycles. The summed E-state index contributed by atoms with van der Waals surface area (Å²) in [6.07, 6.45) is 3.29. The number of thioether (sulfide) groups is 1. The Kier molecular flexibility index (Phi) is 9.77. The van der Waals surface area contributed by atoms with E-state index in [4.69, 9.17) is 18.9 Å². The second kappa shape index (κ2) is 13.0. The summed E-state index contributed by atoms with van der Waals surface area (Å²) in [6, 6.07) is 12.6. The van der Waals surface area contributed by atoms with Gasteiger partial charge >= 0.3 is 0 Å². The number of hydrogen-bond acceptors (Lipinski definition) is 10. The zero-order valence-electron chi connectivity index (χ0n) is 19.0. The van der Waals surface area contributed by atoms with Crippen LogP contribution in [0.2, 0.25) is 0 Å². The minimum atomic E-state index is -0.583. The fraction of sp³-hybridized carbons (Fsp3) is 0.217. The maximum absolute atomic E-state index is 12.5. The van der Waals surface area contributed by atoms with Gasteiger partial charge in [-0.15, -0.1) is 0 Å². The van der Waals surface area contributed by atoms with Crippen LogP contribution < -0.4 is 24.3 Å². The summed E-state index contributed by atoms with van der Waals surface area (Å²) in [5.74, 6) is 1.56. The average molecular weight is 577 g/mol. The molecular formula is C23H21BrN4O5S2. The maximum atomic E-state index is 12.5. The van der Waals surface area contributed by atoms with Crippen LogP contribution in [0.1, 0.15) is 5.56 Å². The molecular weight excluding hydrogens is 556 g/mol. The third kappa shape index (κ3) is 7.11. The van der Waals surface area contributed by atoms with Crippen molar-refractivity contribution in [1.82, 2.24) is 9.36 Å². The highest BCUT2D eigenvalue weighted by Gasteiger charge is 2.16. The van der Waals surface area contributed by atoms with Gasteiger partial charge in [0.2, 0.25) is 10.3 Å². The highest BCUT2D eigenvalue weighted by molar-refractivity contribution is 9.10. The Morgan fingerprint density at radius 1 is 1.17 bits per heavy atom. The topological polar surface area (TPSA) is 116 Å². The number of ether oxygens (including phenoxy) is 4. The van der Waals surface area contributed by atoms with Gasteiger partial charge in [-0.1, -0.05) is 23.9 Å². The first-order chi connectivity index (χ1) is 17.0. The van der Waals surface area contributed by atoms with Gasteiger partial charge in [-0.3, -0.25) is 10.1 Å². The molecule has 0 spiro atoms.